The van der Waals surface area contributed by atoms with Gasteiger partial charge in [0.2, 0.25) is 0 Å². The maximum atomic E-state index is 3.71. The number of piperazine rings is 1. The van der Waals surface area contributed by atoms with E-state index in [2.05, 4.69) is 63.3 Å². The molecule has 2 N–H and O–H groups in total. The van der Waals surface area contributed by atoms with Crippen LogP contribution in [0.1, 0.15) is 18.1 Å². The van der Waals surface area contributed by atoms with Crippen molar-refractivity contribution in [3.8, 4) is 0 Å². The topological polar surface area (TPSA) is 31.1 Å². The highest BCUT2D eigenvalue weighted by molar-refractivity contribution is 9.10. The van der Waals surface area contributed by atoms with E-state index in [1.54, 1.807) is 0 Å². The number of halogens is 1. The van der Waals surface area contributed by atoms with Gasteiger partial charge in [-0.3, -0.25) is 0 Å². The van der Waals surface area contributed by atoms with Gasteiger partial charge in [-0.2, -0.15) is 0 Å². The van der Waals surface area contributed by atoms with Crippen LogP contribution in [0.15, 0.2) is 22.8 Å². The van der Waals surface area contributed by atoms with Crippen LogP contribution < -0.4 is 5.32 Å². The van der Waals surface area contributed by atoms with Gasteiger partial charge >= 0.3 is 0 Å². The lowest BCUT2D eigenvalue weighted by atomic mass is 10.0. The predicted octanol–water partition coefficient (Wildman–Crippen LogP) is 2.94. The molecular weight excluding hydrogens is 314 g/mol. The van der Waals surface area contributed by atoms with Gasteiger partial charge in [-0.25, -0.2) is 0 Å². The molecule has 2 aromatic rings. The summed E-state index contributed by atoms with van der Waals surface area (Å²) in [6.07, 6.45) is 2.17. The summed E-state index contributed by atoms with van der Waals surface area (Å²) >= 11 is 3.71. The summed E-state index contributed by atoms with van der Waals surface area (Å²) in [5.41, 5.74) is 4.05. The maximum Gasteiger partial charge on any atom is 0.0864 e. The second-order valence-corrected chi connectivity index (χ2v) is 6.49. The number of hydrogen-bond acceptors (Lipinski definition) is 2. The lowest BCUT2D eigenvalue weighted by Gasteiger charge is -2.33. The molecule has 4 heteroatoms. The lowest BCUT2D eigenvalue weighted by molar-refractivity contribution is 0.199. The number of nitrogens with zero attached hydrogens (tertiary/aromatic N) is 1. The number of aromatic amines is 1. The molecule has 0 radical (unpaired) electrons. The van der Waals surface area contributed by atoms with E-state index in [-0.39, 0.29) is 0 Å². The highest BCUT2D eigenvalue weighted by Crippen LogP contribution is 2.29. The first-order valence-electron chi connectivity index (χ1n) is 7.39. The molecule has 0 aliphatic carbocycles. The summed E-state index contributed by atoms with van der Waals surface area (Å²) in [4.78, 5) is 5.92. The largest absolute Gasteiger partial charge is 0.349 e. The number of benzene rings is 1. The Hall–Kier alpha value is -0.840. The molecule has 3 rings (SSSR count). The Morgan fingerprint density at radius 3 is 3.00 bits per heavy atom. The Labute approximate surface area is 128 Å². The van der Waals surface area contributed by atoms with Crippen molar-refractivity contribution in [3.05, 3.63) is 33.9 Å². The van der Waals surface area contributed by atoms with E-state index >= 15 is 0 Å². The average Bonchev–Trinajstić information content (AvgIpc) is 2.77. The van der Waals surface area contributed by atoms with Crippen LogP contribution in [0.4, 0.5) is 0 Å². The molecule has 1 unspecified atom stereocenters. The van der Waals surface area contributed by atoms with E-state index in [9.17, 15) is 0 Å². The summed E-state index contributed by atoms with van der Waals surface area (Å²) in [6.45, 7) is 5.51. The fourth-order valence-corrected chi connectivity index (χ4v) is 3.60. The zero-order chi connectivity index (χ0) is 14.1. The van der Waals surface area contributed by atoms with Crippen molar-refractivity contribution in [2.75, 3.05) is 26.7 Å². The summed E-state index contributed by atoms with van der Waals surface area (Å²) in [7, 11) is 2.23. The van der Waals surface area contributed by atoms with Crippen LogP contribution in [0.25, 0.3) is 10.9 Å². The van der Waals surface area contributed by atoms with Gasteiger partial charge in [-0.15, -0.1) is 0 Å². The molecule has 0 saturated carbocycles. The van der Waals surface area contributed by atoms with E-state index in [0.717, 1.165) is 37.1 Å². The second kappa shape index (κ2) is 5.88. The van der Waals surface area contributed by atoms with Crippen molar-refractivity contribution in [2.45, 2.75) is 25.8 Å². The van der Waals surface area contributed by atoms with Crippen LogP contribution in [0.5, 0.6) is 0 Å². The molecule has 1 aromatic heterocycles. The molecule has 1 aliphatic heterocycles. The summed E-state index contributed by atoms with van der Waals surface area (Å²) in [6, 6.07) is 7.32. The molecule has 108 valence electrons. The van der Waals surface area contributed by atoms with Gasteiger partial charge in [0.05, 0.1) is 4.60 Å². The number of aryl methyl sites for hydroxylation is 1. The average molecular weight is 336 g/mol. The Morgan fingerprint density at radius 1 is 1.40 bits per heavy atom. The third-order valence-electron chi connectivity index (χ3n) is 4.41. The van der Waals surface area contributed by atoms with Crippen molar-refractivity contribution in [2.24, 2.45) is 0 Å². The molecule has 1 fully saturated rings. The SMILES string of the molecule is CCc1ccc2[nH]c(Br)c(CC3CNCCN3C)c2c1. The third kappa shape index (κ3) is 2.65. The van der Waals surface area contributed by atoms with Crippen LogP contribution in [0.2, 0.25) is 0 Å². The fraction of sp³-hybridized carbons (Fsp3) is 0.500. The smallest absolute Gasteiger partial charge is 0.0864 e. The first-order chi connectivity index (χ1) is 9.69. The molecule has 20 heavy (non-hydrogen) atoms. The van der Waals surface area contributed by atoms with E-state index in [1.807, 2.05) is 0 Å². The molecule has 3 nitrogen and oxygen atoms in total. The predicted molar refractivity (Wildman–Crippen MR) is 88.4 cm³/mol. The molecule has 1 atom stereocenters. The highest BCUT2D eigenvalue weighted by Gasteiger charge is 2.21. The van der Waals surface area contributed by atoms with E-state index in [1.165, 1.54) is 22.0 Å². The Kier molecular flexibility index (Phi) is 4.15. The number of aromatic nitrogens is 1. The molecule has 0 spiro atoms. The van der Waals surface area contributed by atoms with Crippen molar-refractivity contribution in [1.82, 2.24) is 15.2 Å². The molecule has 0 amide bonds. The van der Waals surface area contributed by atoms with Gasteiger partial charge in [0.25, 0.3) is 0 Å². The molecule has 1 aromatic carbocycles. The Balaban J connectivity index is 1.95. The number of rotatable bonds is 3. The first kappa shape index (κ1) is 14.1. The van der Waals surface area contributed by atoms with Gasteiger partial charge in [-0.1, -0.05) is 13.0 Å². The van der Waals surface area contributed by atoms with Gasteiger partial charge in [0.15, 0.2) is 0 Å². The van der Waals surface area contributed by atoms with Crippen molar-refractivity contribution in [3.63, 3.8) is 0 Å². The summed E-state index contributed by atoms with van der Waals surface area (Å²) in [5, 5.41) is 4.87. The quantitative estimate of drug-likeness (QED) is 0.903. The third-order valence-corrected chi connectivity index (χ3v) is 5.09. The molecule has 1 saturated heterocycles. The number of nitrogens with one attached hydrogen (secondary N) is 2. The number of H-pyrrole nitrogens is 1. The minimum absolute atomic E-state index is 0.573. The zero-order valence-corrected chi connectivity index (χ0v) is 13.8. The van der Waals surface area contributed by atoms with Gasteiger partial charge in [0.1, 0.15) is 0 Å². The number of fused-ring (bicyclic) bond motifs is 1. The zero-order valence-electron chi connectivity index (χ0n) is 12.2. The van der Waals surface area contributed by atoms with Gasteiger partial charge < -0.3 is 15.2 Å². The van der Waals surface area contributed by atoms with E-state index in [4.69, 9.17) is 0 Å². The van der Waals surface area contributed by atoms with Crippen molar-refractivity contribution >= 4 is 26.8 Å². The second-order valence-electron chi connectivity index (χ2n) is 5.69. The Morgan fingerprint density at radius 2 is 2.25 bits per heavy atom. The van der Waals surface area contributed by atoms with Crippen LogP contribution in [-0.2, 0) is 12.8 Å². The first-order valence-corrected chi connectivity index (χ1v) is 8.18. The minimum Gasteiger partial charge on any atom is -0.349 e. The van der Waals surface area contributed by atoms with Gasteiger partial charge in [-0.05, 0) is 59.1 Å². The Bertz CT molecular complexity index is 605. The summed E-state index contributed by atoms with van der Waals surface area (Å²) in [5.74, 6) is 0. The molecule has 1 aliphatic rings. The molecular formula is C16H22BrN3. The maximum absolute atomic E-state index is 3.71. The highest BCUT2D eigenvalue weighted by atomic mass is 79.9. The lowest BCUT2D eigenvalue weighted by Crippen LogP contribution is -2.50. The van der Waals surface area contributed by atoms with Gasteiger partial charge in [0, 0.05) is 36.6 Å². The van der Waals surface area contributed by atoms with E-state index < -0.39 is 0 Å². The number of likely N-dealkylation sites (N-methyl/N-ethyl adjacent to an activating group) is 1. The normalized spacial score (nSPS) is 20.6. The molecule has 2 heterocycles. The van der Waals surface area contributed by atoms with Crippen molar-refractivity contribution < 1.29 is 0 Å². The van der Waals surface area contributed by atoms with Crippen LogP contribution >= 0.6 is 15.9 Å². The standard InChI is InChI=1S/C16H22BrN3/c1-3-11-4-5-15-13(8-11)14(16(17)19-15)9-12-10-18-6-7-20(12)2/h4-5,8,12,18-19H,3,6-7,9-10H2,1-2H3. The monoisotopic (exact) mass is 335 g/mol. The van der Waals surface area contributed by atoms with Crippen LogP contribution in [-0.4, -0.2) is 42.6 Å². The molecule has 0 bridgehead atoms. The van der Waals surface area contributed by atoms with Crippen LogP contribution in [0, 0.1) is 0 Å². The van der Waals surface area contributed by atoms with Crippen LogP contribution in [0.3, 0.4) is 0 Å². The fourth-order valence-electron chi connectivity index (χ4n) is 3.01. The summed E-state index contributed by atoms with van der Waals surface area (Å²) < 4.78 is 1.14. The van der Waals surface area contributed by atoms with Crippen molar-refractivity contribution in [1.29, 1.82) is 0 Å². The minimum atomic E-state index is 0.573. The number of hydrogen-bond donors (Lipinski definition) is 2. The van der Waals surface area contributed by atoms with E-state index in [0.29, 0.717) is 6.04 Å².